The summed E-state index contributed by atoms with van der Waals surface area (Å²) in [6.07, 6.45) is -11.4. The van der Waals surface area contributed by atoms with Crippen molar-refractivity contribution in [3.05, 3.63) is 64.2 Å². The smallest absolute Gasteiger partial charge is 0.435 e. The topological polar surface area (TPSA) is 91.8 Å². The first-order chi connectivity index (χ1) is 20.8. The van der Waals surface area contributed by atoms with Crippen molar-refractivity contribution >= 4 is 33.3 Å². The number of hydrogen-bond acceptors (Lipinski definition) is 4. The first kappa shape index (κ1) is 32.1. The monoisotopic (exact) mass is 681 g/mol. The van der Waals surface area contributed by atoms with Crippen molar-refractivity contribution in [1.82, 2.24) is 4.90 Å². The normalized spacial score (nSPS) is 29.9. The second-order valence-corrected chi connectivity index (χ2v) is 15.4. The lowest BCUT2D eigenvalue weighted by molar-refractivity contribution is -0.348. The van der Waals surface area contributed by atoms with Crippen LogP contribution < -0.4 is 0 Å². The summed E-state index contributed by atoms with van der Waals surface area (Å²) in [6, 6.07) is 5.72. The maximum absolute atomic E-state index is 15.0. The fraction of sp³-hybridized carbons (Fsp3) is 0.533. The Morgan fingerprint density at radius 3 is 2.02 bits per heavy atom. The molecule has 0 aromatic heterocycles. The summed E-state index contributed by atoms with van der Waals surface area (Å²) in [5, 5.41) is 9.45. The highest BCUT2D eigenvalue weighted by Gasteiger charge is 2.74. The Labute approximate surface area is 258 Å². The molecule has 3 fully saturated rings. The zero-order valence-corrected chi connectivity index (χ0v) is 25.0. The van der Waals surface area contributed by atoms with E-state index >= 15 is 4.39 Å². The molecule has 6 nitrogen and oxygen atoms in total. The van der Waals surface area contributed by atoms with Gasteiger partial charge in [0, 0.05) is 23.0 Å². The number of hydrogen-bond donors (Lipinski definition) is 1. The number of carboxylic acids is 1. The Morgan fingerprint density at radius 2 is 1.47 bits per heavy atom. The molecule has 3 aliphatic carbocycles. The van der Waals surface area contributed by atoms with Crippen LogP contribution in [0.4, 0.5) is 30.7 Å². The molecule has 45 heavy (non-hydrogen) atoms. The molecule has 0 bridgehead atoms. The fourth-order valence-electron chi connectivity index (χ4n) is 8.21. The van der Waals surface area contributed by atoms with Crippen molar-refractivity contribution in [2.24, 2.45) is 17.3 Å². The highest BCUT2D eigenvalue weighted by atomic mass is 35.5. The molecule has 2 saturated carbocycles. The highest BCUT2D eigenvalue weighted by molar-refractivity contribution is 7.92. The Hall–Kier alpha value is -2.87. The first-order valence-corrected chi connectivity index (χ1v) is 16.1. The number of benzene rings is 2. The van der Waals surface area contributed by atoms with Gasteiger partial charge in [0.05, 0.1) is 16.9 Å². The van der Waals surface area contributed by atoms with Crippen molar-refractivity contribution in [1.29, 1.82) is 0 Å². The number of carboxylic acid groups (broad SMARTS) is 1. The van der Waals surface area contributed by atoms with Crippen molar-refractivity contribution in [2.75, 3.05) is 6.54 Å². The van der Waals surface area contributed by atoms with Crippen LogP contribution in [0.3, 0.4) is 0 Å². The van der Waals surface area contributed by atoms with Gasteiger partial charge < -0.3 is 10.0 Å². The van der Waals surface area contributed by atoms with Crippen molar-refractivity contribution in [3.8, 4) is 0 Å². The number of amides is 1. The predicted octanol–water partition coefficient (Wildman–Crippen LogP) is 6.74. The Bertz CT molecular complexity index is 1650. The summed E-state index contributed by atoms with van der Waals surface area (Å²) >= 11 is 5.96. The first-order valence-electron chi connectivity index (χ1n) is 14.3. The summed E-state index contributed by atoms with van der Waals surface area (Å²) in [5.74, 6) is -2.16. The molecule has 2 aromatic carbocycles. The molecule has 1 aliphatic heterocycles. The van der Waals surface area contributed by atoms with E-state index in [0.29, 0.717) is 37.8 Å². The minimum Gasteiger partial charge on any atom is -0.481 e. The van der Waals surface area contributed by atoms with E-state index < -0.39 is 62.0 Å². The zero-order valence-electron chi connectivity index (χ0n) is 23.4. The van der Waals surface area contributed by atoms with E-state index in [1.807, 2.05) is 0 Å². The van der Waals surface area contributed by atoms with E-state index in [1.54, 1.807) is 0 Å². The van der Waals surface area contributed by atoms with E-state index in [2.05, 4.69) is 0 Å². The maximum Gasteiger partial charge on any atom is 0.435 e. The minimum absolute atomic E-state index is 0.0447. The molecule has 1 saturated heterocycles. The molecule has 4 aliphatic rings. The van der Waals surface area contributed by atoms with E-state index in [9.17, 15) is 49.5 Å². The Kier molecular flexibility index (Phi) is 7.18. The van der Waals surface area contributed by atoms with Gasteiger partial charge >= 0.3 is 24.0 Å². The number of carbonyl (C=O) groups is 2. The molecule has 2 unspecified atom stereocenters. The van der Waals surface area contributed by atoms with E-state index in [-0.39, 0.29) is 58.2 Å². The lowest BCUT2D eigenvalue weighted by atomic mass is 9.48. The average Bonchev–Trinajstić information content (AvgIpc) is 3.31. The maximum atomic E-state index is 15.0. The Morgan fingerprint density at radius 1 is 0.889 bits per heavy atom. The lowest BCUT2D eigenvalue weighted by Crippen LogP contribution is -2.57. The third-order valence-electron chi connectivity index (χ3n) is 10.4. The third kappa shape index (κ3) is 4.51. The van der Waals surface area contributed by atoms with Gasteiger partial charge in [-0.3, -0.25) is 9.59 Å². The van der Waals surface area contributed by atoms with Crippen LogP contribution in [0.1, 0.15) is 55.2 Å². The molecule has 1 N–H and O–H groups in total. The summed E-state index contributed by atoms with van der Waals surface area (Å²) in [5.41, 5.74) is -7.89. The molecular formula is C30H27ClF7NO5S. The van der Waals surface area contributed by atoms with Crippen molar-refractivity contribution < 1.29 is 53.8 Å². The number of nitrogens with zero attached hydrogens (tertiary/aromatic N) is 1. The van der Waals surface area contributed by atoms with Crippen LogP contribution >= 0.6 is 11.6 Å². The van der Waals surface area contributed by atoms with Crippen LogP contribution in [0.5, 0.6) is 0 Å². The van der Waals surface area contributed by atoms with Crippen LogP contribution in [-0.4, -0.2) is 55.2 Å². The number of fused-ring (bicyclic) bond motifs is 3. The average molecular weight is 682 g/mol. The van der Waals surface area contributed by atoms with Crippen LogP contribution in [0, 0.1) is 17.3 Å². The second-order valence-electron chi connectivity index (χ2n) is 12.8. The molecule has 1 amide bonds. The predicted molar refractivity (Wildman–Crippen MR) is 146 cm³/mol. The van der Waals surface area contributed by atoms with E-state index in [0.717, 1.165) is 6.07 Å². The van der Waals surface area contributed by atoms with E-state index in [4.69, 9.17) is 11.6 Å². The number of carbonyl (C=O) groups excluding carboxylic acids is 1. The molecule has 244 valence electrons. The molecule has 1 heterocycles. The summed E-state index contributed by atoms with van der Waals surface area (Å²) in [4.78, 5) is 26.3. The Balaban J connectivity index is 1.41. The number of aryl methyl sites for hydroxylation is 1. The molecule has 2 atom stereocenters. The molecule has 2 aromatic rings. The van der Waals surface area contributed by atoms with Gasteiger partial charge in [0.15, 0.2) is 9.84 Å². The SMILES string of the molecule is O=C(O)C1CC2(C1)CC(C(=O)N1CCC3(S(=O)(=O)c4ccc(Cl)cc4)c4ccc(C(F)(C(F)(F)F)C(F)(F)F)cc4CCC13)C2. The minimum atomic E-state index is -6.34. The number of alkyl halides is 7. The van der Waals surface area contributed by atoms with Gasteiger partial charge in [0.1, 0.15) is 4.75 Å². The molecule has 1 spiro atoms. The van der Waals surface area contributed by atoms with Gasteiger partial charge in [-0.1, -0.05) is 29.8 Å². The number of rotatable bonds is 5. The van der Waals surface area contributed by atoms with Crippen LogP contribution in [-0.2, 0) is 36.3 Å². The standard InChI is InChI=1S/C30H27ClF7NO5S/c31-20-3-5-21(6-4-20)45(43,44)27-9-10-39(24(40)17-12-26(13-17)14-18(15-26)25(41)42)23(27)8-1-16-11-19(2-7-22(16)27)28(32,29(33,34)35)30(36,37)38/h2-7,11,17-18,23H,1,8-10,12-15H2,(H,41,42). The number of likely N-dealkylation sites (tertiary alicyclic amines) is 1. The number of aliphatic carboxylic acids is 1. The summed E-state index contributed by atoms with van der Waals surface area (Å²) < 4.78 is 123. The zero-order chi connectivity index (χ0) is 33.0. The quantitative estimate of drug-likeness (QED) is 0.353. The largest absolute Gasteiger partial charge is 0.481 e. The van der Waals surface area contributed by atoms with E-state index in [1.165, 1.54) is 29.2 Å². The molecule has 0 radical (unpaired) electrons. The van der Waals surface area contributed by atoms with Gasteiger partial charge in [-0.05, 0) is 85.8 Å². The summed E-state index contributed by atoms with van der Waals surface area (Å²) in [7, 11) is -4.47. The van der Waals surface area contributed by atoms with Gasteiger partial charge in [-0.2, -0.15) is 26.3 Å². The van der Waals surface area contributed by atoms with Gasteiger partial charge in [-0.15, -0.1) is 0 Å². The van der Waals surface area contributed by atoms with Gasteiger partial charge in [0.25, 0.3) is 0 Å². The number of halogens is 8. The van der Waals surface area contributed by atoms with Crippen molar-refractivity contribution in [2.45, 2.75) is 78.7 Å². The van der Waals surface area contributed by atoms with Crippen LogP contribution in [0.25, 0.3) is 0 Å². The molecular weight excluding hydrogens is 655 g/mol. The van der Waals surface area contributed by atoms with Gasteiger partial charge in [-0.25, -0.2) is 12.8 Å². The van der Waals surface area contributed by atoms with Crippen molar-refractivity contribution in [3.63, 3.8) is 0 Å². The van der Waals surface area contributed by atoms with Gasteiger partial charge in [0.2, 0.25) is 5.91 Å². The second kappa shape index (κ2) is 10.1. The lowest BCUT2D eigenvalue weighted by Gasteiger charge is -2.57. The molecule has 6 rings (SSSR count). The third-order valence-corrected chi connectivity index (χ3v) is 13.2. The van der Waals surface area contributed by atoms with Crippen LogP contribution in [0.15, 0.2) is 47.4 Å². The summed E-state index contributed by atoms with van der Waals surface area (Å²) in [6.45, 7) is -0.0447. The molecule has 15 heteroatoms. The highest BCUT2D eigenvalue weighted by Crippen LogP contribution is 2.63. The van der Waals surface area contributed by atoms with Crippen LogP contribution in [0.2, 0.25) is 5.02 Å². The fourth-order valence-corrected chi connectivity index (χ4v) is 10.7. The number of sulfone groups is 1.